The Morgan fingerprint density at radius 1 is 0.404 bits per heavy atom. The van der Waals surface area contributed by atoms with E-state index in [1.54, 1.807) is 14.2 Å². The monoisotopic (exact) mass is 810 g/mol. The minimum Gasteiger partial charge on any atom is -0.385 e. The summed E-state index contributed by atoms with van der Waals surface area (Å²) in [7, 11) is 5.91. The van der Waals surface area contributed by atoms with E-state index in [0.29, 0.717) is 17.9 Å². The Morgan fingerprint density at radius 2 is 0.667 bits per heavy atom. The molecule has 0 saturated carbocycles. The molecule has 5 heteroatoms. The second-order valence-electron chi connectivity index (χ2n) is 17.9. The zero-order valence-corrected chi connectivity index (χ0v) is 40.7. The van der Waals surface area contributed by atoms with Gasteiger partial charge in [-0.05, 0) is 64.3 Å². The van der Waals surface area contributed by atoms with Gasteiger partial charge < -0.3 is 24.0 Å². The van der Waals surface area contributed by atoms with Crippen LogP contribution in [0.5, 0.6) is 0 Å². The summed E-state index contributed by atoms with van der Waals surface area (Å²) in [5.41, 5.74) is 0. The van der Waals surface area contributed by atoms with Crippen LogP contribution < -0.4 is 0 Å². The van der Waals surface area contributed by atoms with Crippen molar-refractivity contribution in [1.82, 2.24) is 4.90 Å². The topological polar surface area (TPSA) is 55.8 Å². The second-order valence-corrected chi connectivity index (χ2v) is 17.9. The molecule has 57 heavy (non-hydrogen) atoms. The highest BCUT2D eigenvalue weighted by molar-refractivity contribution is 5.49. The average Bonchev–Trinajstić information content (AvgIpc) is 3.20. The van der Waals surface area contributed by atoms with Gasteiger partial charge >= 0.3 is 0 Å². The van der Waals surface area contributed by atoms with E-state index >= 15 is 0 Å². The number of hydrogen-bond donors (Lipinski definition) is 0. The number of nitrogens with zero attached hydrogens (tertiary/aromatic N) is 1. The van der Waals surface area contributed by atoms with Crippen LogP contribution in [0.25, 0.3) is 0 Å². The van der Waals surface area contributed by atoms with Crippen LogP contribution in [0, 0.1) is 17.8 Å². The molecule has 0 radical (unpaired) electrons. The molecule has 0 saturated heterocycles. The molecule has 0 aromatic rings. The smallest absolute Gasteiger partial charge is 0.120 e. The van der Waals surface area contributed by atoms with E-state index in [4.69, 9.17) is 9.47 Å². The van der Waals surface area contributed by atoms with Gasteiger partial charge in [0, 0.05) is 52.9 Å². The van der Waals surface area contributed by atoms with Crippen molar-refractivity contribution in [2.75, 3.05) is 41.0 Å². The maximum Gasteiger partial charge on any atom is 0.120 e. The van der Waals surface area contributed by atoms with Crippen molar-refractivity contribution in [2.24, 2.45) is 17.8 Å². The van der Waals surface area contributed by atoms with Gasteiger partial charge in [-0.15, -0.1) is 0 Å². The Balaban J connectivity index is -0.000000867. The Morgan fingerprint density at radius 3 is 0.930 bits per heavy atom. The minimum absolute atomic E-state index is 0.664. The largest absolute Gasteiger partial charge is 0.385 e. The van der Waals surface area contributed by atoms with Crippen LogP contribution >= 0.6 is 0 Å². The fourth-order valence-electron chi connectivity index (χ4n) is 7.84. The summed E-state index contributed by atoms with van der Waals surface area (Å²) in [6.07, 6.45) is 46.6. The molecule has 5 nitrogen and oxygen atoms in total. The lowest BCUT2D eigenvalue weighted by Gasteiger charge is -2.27. The molecule has 0 bridgehead atoms. The lowest BCUT2D eigenvalue weighted by atomic mass is 9.93. The van der Waals surface area contributed by atoms with Crippen LogP contribution in [-0.2, 0) is 19.1 Å². The van der Waals surface area contributed by atoms with Crippen molar-refractivity contribution < 1.29 is 19.1 Å². The van der Waals surface area contributed by atoms with Crippen LogP contribution in [0.4, 0.5) is 0 Å². The molecular formula is C52H107NO4. The number of rotatable bonds is 43. The molecule has 0 aromatic heterocycles. The van der Waals surface area contributed by atoms with Crippen molar-refractivity contribution in [3.8, 4) is 0 Å². The molecule has 0 aliphatic heterocycles. The molecule has 0 aliphatic carbocycles. The Kier molecular flexibility index (Phi) is 56.5. The van der Waals surface area contributed by atoms with Gasteiger partial charge in [0.2, 0.25) is 0 Å². The van der Waals surface area contributed by atoms with Crippen LogP contribution in [0.1, 0.15) is 260 Å². The number of ether oxygens (including phenoxy) is 2. The van der Waals surface area contributed by atoms with E-state index < -0.39 is 0 Å². The Hall–Kier alpha value is -0.780. The number of unbranched alkanes of at least 4 members (excludes halogenated alkanes) is 20. The molecular weight excluding hydrogens is 703 g/mol. The molecule has 0 atom stereocenters. The highest BCUT2D eigenvalue weighted by Crippen LogP contribution is 2.22. The third-order valence-electron chi connectivity index (χ3n) is 12.1. The Bertz CT molecular complexity index is 659. The van der Waals surface area contributed by atoms with Crippen LogP contribution in [0.2, 0.25) is 0 Å². The number of carbonyl (C=O) groups is 2. The standard InChI is InChI=1S/C26H55NO2.2C13H26O/c1-25(2)27(3)24-26(20-16-12-8-6-10-14-18-22-28-4)21-17-13-9-7-11-15-19-23-29-5;2*1-3-5-7-9-13(11-12-14)10-8-6-4-2/h25-26H,6-24H2,1-5H3;2*12-13H,3-11H2,1-2H3. The number of methoxy groups -OCH3 is 2. The first-order valence-electron chi connectivity index (χ1n) is 25.4. The van der Waals surface area contributed by atoms with Gasteiger partial charge in [-0.3, -0.25) is 0 Å². The van der Waals surface area contributed by atoms with Gasteiger partial charge in [0.25, 0.3) is 0 Å². The first kappa shape index (κ1) is 60.5. The molecule has 0 aliphatic rings. The lowest BCUT2D eigenvalue weighted by molar-refractivity contribution is -0.109. The highest BCUT2D eigenvalue weighted by atomic mass is 16.5. The average molecular weight is 810 g/mol. The van der Waals surface area contributed by atoms with Gasteiger partial charge in [0.15, 0.2) is 0 Å². The van der Waals surface area contributed by atoms with Crippen LogP contribution in [0.3, 0.4) is 0 Å². The molecule has 0 spiro atoms. The van der Waals surface area contributed by atoms with Gasteiger partial charge in [-0.1, -0.05) is 207 Å². The maximum absolute atomic E-state index is 10.5. The van der Waals surface area contributed by atoms with Crippen molar-refractivity contribution >= 4 is 12.6 Å². The first-order valence-corrected chi connectivity index (χ1v) is 25.4. The number of hydrogen-bond acceptors (Lipinski definition) is 5. The summed E-state index contributed by atoms with van der Waals surface area (Å²) in [6.45, 7) is 16.7. The molecule has 0 fully saturated rings. The minimum atomic E-state index is 0.664. The fraction of sp³-hybridized carbons (Fsp3) is 0.962. The quantitative estimate of drug-likeness (QED) is 0.0454. The van der Waals surface area contributed by atoms with Gasteiger partial charge in [0.1, 0.15) is 12.6 Å². The molecule has 0 amide bonds. The van der Waals surface area contributed by atoms with Crippen molar-refractivity contribution in [3.63, 3.8) is 0 Å². The van der Waals surface area contributed by atoms with E-state index in [2.05, 4.69) is 53.5 Å². The first-order chi connectivity index (χ1) is 27.8. The van der Waals surface area contributed by atoms with E-state index in [1.807, 2.05) is 0 Å². The van der Waals surface area contributed by atoms with Crippen LogP contribution in [0.15, 0.2) is 0 Å². The summed E-state index contributed by atoms with van der Waals surface area (Å²) in [5.74, 6) is 2.24. The van der Waals surface area contributed by atoms with Gasteiger partial charge in [-0.25, -0.2) is 0 Å². The third-order valence-corrected chi connectivity index (χ3v) is 12.1. The predicted octanol–water partition coefficient (Wildman–Crippen LogP) is 16.2. The number of carbonyl (C=O) groups excluding carboxylic acids is 2. The predicted molar refractivity (Wildman–Crippen MR) is 254 cm³/mol. The summed E-state index contributed by atoms with van der Waals surface area (Å²) in [6, 6.07) is 0.664. The zero-order chi connectivity index (χ0) is 42.9. The van der Waals surface area contributed by atoms with E-state index in [-0.39, 0.29) is 0 Å². The molecule has 0 rings (SSSR count). The molecule has 0 unspecified atom stereocenters. The maximum atomic E-state index is 10.5. The molecule has 344 valence electrons. The fourth-order valence-corrected chi connectivity index (χ4v) is 7.84. The third kappa shape index (κ3) is 51.3. The second kappa shape index (κ2) is 53.2. The van der Waals surface area contributed by atoms with E-state index in [9.17, 15) is 9.59 Å². The van der Waals surface area contributed by atoms with Gasteiger partial charge in [0.05, 0.1) is 0 Å². The van der Waals surface area contributed by atoms with Crippen molar-refractivity contribution in [1.29, 1.82) is 0 Å². The summed E-state index contributed by atoms with van der Waals surface area (Å²) < 4.78 is 10.3. The normalized spacial score (nSPS) is 11.4. The molecule has 0 heterocycles. The van der Waals surface area contributed by atoms with E-state index in [0.717, 1.165) is 44.5 Å². The summed E-state index contributed by atoms with van der Waals surface area (Å²) in [4.78, 5) is 23.5. The highest BCUT2D eigenvalue weighted by Gasteiger charge is 2.14. The van der Waals surface area contributed by atoms with Crippen LogP contribution in [-0.4, -0.2) is 64.5 Å². The summed E-state index contributed by atoms with van der Waals surface area (Å²) >= 11 is 0. The van der Waals surface area contributed by atoms with Crippen molar-refractivity contribution in [2.45, 2.75) is 266 Å². The zero-order valence-electron chi connectivity index (χ0n) is 40.7. The summed E-state index contributed by atoms with van der Waals surface area (Å²) in [5, 5.41) is 0. The van der Waals surface area contributed by atoms with Crippen molar-refractivity contribution in [3.05, 3.63) is 0 Å². The molecule has 0 N–H and O–H groups in total. The number of aldehydes is 2. The Labute approximate surface area is 360 Å². The van der Waals surface area contributed by atoms with E-state index in [1.165, 1.54) is 212 Å². The molecule has 0 aromatic carbocycles. The SMILES string of the molecule is CCCCCC(CC=O)CCCCC.CCCCCC(CC=O)CCCCC.COCCCCCCCCCC(CCCCCCCCCOC)CN(C)C(C)C. The lowest BCUT2D eigenvalue weighted by Crippen LogP contribution is -2.31. The van der Waals surface area contributed by atoms with Gasteiger partial charge in [-0.2, -0.15) is 0 Å².